The van der Waals surface area contributed by atoms with E-state index in [1.165, 1.54) is 6.07 Å². The van der Waals surface area contributed by atoms with Gasteiger partial charge in [-0.25, -0.2) is 4.39 Å². The molecule has 0 N–H and O–H groups in total. The number of benzene rings is 1. The van der Waals surface area contributed by atoms with Crippen LogP contribution in [0.4, 0.5) is 4.39 Å². The molecule has 1 heterocycles. The Morgan fingerprint density at radius 1 is 1.33 bits per heavy atom. The van der Waals surface area contributed by atoms with Gasteiger partial charge in [-0.05, 0) is 42.2 Å². The van der Waals surface area contributed by atoms with Crippen LogP contribution in [0.3, 0.4) is 0 Å². The average Bonchev–Trinajstić information content (AvgIpc) is 2.29. The molecular formula is C13H12FN. The molecule has 0 aliphatic carbocycles. The molecule has 0 fully saturated rings. The molecule has 0 atom stereocenters. The molecule has 0 spiro atoms. The van der Waals surface area contributed by atoms with E-state index in [0.717, 1.165) is 29.7 Å². The maximum Gasteiger partial charge on any atom is 0.123 e. The minimum Gasteiger partial charge on any atom is -0.261 e. The molecule has 15 heavy (non-hydrogen) atoms. The van der Waals surface area contributed by atoms with Crippen LogP contribution in [0.25, 0.3) is 5.57 Å². The minimum atomic E-state index is -0.202. The summed E-state index contributed by atoms with van der Waals surface area (Å²) in [7, 11) is 0. The zero-order valence-electron chi connectivity index (χ0n) is 8.41. The average molecular weight is 201 g/mol. The summed E-state index contributed by atoms with van der Waals surface area (Å²) in [4.78, 5) is 4.25. The first-order valence-electron chi connectivity index (χ1n) is 4.93. The number of allylic oxidation sites excluding steroid dienone is 2. The van der Waals surface area contributed by atoms with Crippen molar-refractivity contribution in [2.45, 2.75) is 12.8 Å². The second-order valence-electron chi connectivity index (χ2n) is 3.49. The van der Waals surface area contributed by atoms with Gasteiger partial charge in [0.25, 0.3) is 0 Å². The van der Waals surface area contributed by atoms with Crippen molar-refractivity contribution in [2.24, 2.45) is 4.99 Å². The summed E-state index contributed by atoms with van der Waals surface area (Å²) in [6, 6.07) is 6.62. The molecule has 0 radical (unpaired) electrons. The van der Waals surface area contributed by atoms with E-state index in [-0.39, 0.29) is 5.82 Å². The Labute approximate surface area is 88.7 Å². The van der Waals surface area contributed by atoms with Crippen LogP contribution in [0.1, 0.15) is 18.4 Å². The van der Waals surface area contributed by atoms with E-state index in [0.29, 0.717) is 0 Å². The zero-order chi connectivity index (χ0) is 10.7. The van der Waals surface area contributed by atoms with Crippen LogP contribution in [0, 0.1) is 5.82 Å². The third kappa shape index (κ3) is 2.21. The van der Waals surface area contributed by atoms with E-state index in [1.54, 1.807) is 24.4 Å². The van der Waals surface area contributed by atoms with Gasteiger partial charge in [0.1, 0.15) is 5.82 Å². The zero-order valence-corrected chi connectivity index (χ0v) is 8.41. The van der Waals surface area contributed by atoms with Crippen molar-refractivity contribution in [3.8, 4) is 0 Å². The quantitative estimate of drug-likeness (QED) is 0.693. The number of rotatable bonds is 2. The second-order valence-corrected chi connectivity index (χ2v) is 3.49. The highest BCUT2D eigenvalue weighted by molar-refractivity contribution is 5.97. The van der Waals surface area contributed by atoms with E-state index < -0.39 is 0 Å². The number of nitrogens with zero attached hydrogens (tertiary/aromatic N) is 1. The lowest BCUT2D eigenvalue weighted by Crippen LogP contribution is -1.99. The molecule has 0 amide bonds. The summed E-state index contributed by atoms with van der Waals surface area (Å²) in [5.74, 6) is -0.202. The highest BCUT2D eigenvalue weighted by atomic mass is 19.1. The topological polar surface area (TPSA) is 12.4 Å². The largest absolute Gasteiger partial charge is 0.261 e. The Hall–Kier alpha value is -1.70. The smallest absolute Gasteiger partial charge is 0.123 e. The molecule has 1 nitrogen and oxygen atoms in total. The SMILES string of the molecule is C=CC1=NC=C(c2cccc(F)c2)CC1. The number of hydrogen-bond acceptors (Lipinski definition) is 1. The van der Waals surface area contributed by atoms with Crippen LogP contribution in [0.2, 0.25) is 0 Å². The molecule has 1 aliphatic rings. The summed E-state index contributed by atoms with van der Waals surface area (Å²) in [6.07, 6.45) is 5.34. The molecule has 1 aliphatic heterocycles. The van der Waals surface area contributed by atoms with Crippen molar-refractivity contribution in [3.63, 3.8) is 0 Å². The summed E-state index contributed by atoms with van der Waals surface area (Å²) >= 11 is 0. The Balaban J connectivity index is 2.30. The Kier molecular flexibility index (Phi) is 2.77. The molecule has 0 unspecified atom stereocenters. The van der Waals surface area contributed by atoms with E-state index >= 15 is 0 Å². The fourth-order valence-corrected chi connectivity index (χ4v) is 1.61. The second kappa shape index (κ2) is 4.22. The third-order valence-electron chi connectivity index (χ3n) is 2.47. The van der Waals surface area contributed by atoms with Gasteiger partial charge < -0.3 is 0 Å². The molecular weight excluding hydrogens is 189 g/mol. The van der Waals surface area contributed by atoms with Gasteiger partial charge in [-0.15, -0.1) is 0 Å². The van der Waals surface area contributed by atoms with Crippen LogP contribution < -0.4 is 0 Å². The molecule has 1 aromatic carbocycles. The van der Waals surface area contributed by atoms with Crippen molar-refractivity contribution in [1.29, 1.82) is 0 Å². The van der Waals surface area contributed by atoms with Gasteiger partial charge in [0.15, 0.2) is 0 Å². The summed E-state index contributed by atoms with van der Waals surface area (Å²) in [5, 5.41) is 0. The van der Waals surface area contributed by atoms with Crippen LogP contribution in [0.5, 0.6) is 0 Å². The van der Waals surface area contributed by atoms with Crippen LogP contribution in [0.15, 0.2) is 48.1 Å². The third-order valence-corrected chi connectivity index (χ3v) is 2.47. The van der Waals surface area contributed by atoms with Gasteiger partial charge in [0, 0.05) is 11.9 Å². The molecule has 0 bridgehead atoms. The van der Waals surface area contributed by atoms with Gasteiger partial charge in [-0.3, -0.25) is 4.99 Å². The lowest BCUT2D eigenvalue weighted by molar-refractivity contribution is 0.627. The van der Waals surface area contributed by atoms with Crippen molar-refractivity contribution in [2.75, 3.05) is 0 Å². The Morgan fingerprint density at radius 2 is 2.20 bits per heavy atom. The van der Waals surface area contributed by atoms with E-state index in [9.17, 15) is 4.39 Å². The van der Waals surface area contributed by atoms with E-state index in [2.05, 4.69) is 11.6 Å². The fraction of sp³-hybridized carbons (Fsp3) is 0.154. The molecule has 0 saturated heterocycles. The van der Waals surface area contributed by atoms with Crippen LogP contribution >= 0.6 is 0 Å². The van der Waals surface area contributed by atoms with Gasteiger partial charge in [-0.2, -0.15) is 0 Å². The maximum absolute atomic E-state index is 13.0. The molecule has 1 aromatic rings. The highest BCUT2D eigenvalue weighted by Gasteiger charge is 2.08. The van der Waals surface area contributed by atoms with Crippen molar-refractivity contribution < 1.29 is 4.39 Å². The molecule has 2 heteroatoms. The molecule has 0 aromatic heterocycles. The Morgan fingerprint density at radius 3 is 2.80 bits per heavy atom. The highest BCUT2D eigenvalue weighted by Crippen LogP contribution is 2.24. The van der Waals surface area contributed by atoms with Crippen LogP contribution in [-0.2, 0) is 0 Å². The maximum atomic E-state index is 13.0. The summed E-state index contributed by atoms with van der Waals surface area (Å²) < 4.78 is 13.0. The van der Waals surface area contributed by atoms with E-state index in [1.807, 2.05) is 6.07 Å². The summed E-state index contributed by atoms with van der Waals surface area (Å²) in [6.45, 7) is 3.68. The molecule has 2 rings (SSSR count). The number of aliphatic imine (C=N–C) groups is 1. The number of hydrogen-bond donors (Lipinski definition) is 0. The van der Waals surface area contributed by atoms with Crippen molar-refractivity contribution in [1.82, 2.24) is 0 Å². The van der Waals surface area contributed by atoms with Crippen molar-refractivity contribution in [3.05, 3.63) is 54.5 Å². The van der Waals surface area contributed by atoms with Crippen LogP contribution in [-0.4, -0.2) is 5.71 Å². The van der Waals surface area contributed by atoms with Gasteiger partial charge >= 0.3 is 0 Å². The molecule has 0 saturated carbocycles. The number of halogens is 1. The van der Waals surface area contributed by atoms with E-state index in [4.69, 9.17) is 0 Å². The standard InChI is InChI=1S/C13H12FN/c1-2-13-7-6-11(9-15-13)10-4-3-5-12(14)8-10/h2-5,8-9H,1,6-7H2. The Bertz CT molecular complexity index is 444. The van der Waals surface area contributed by atoms with Gasteiger partial charge in [0.05, 0.1) is 0 Å². The normalized spacial score (nSPS) is 15.5. The first-order chi connectivity index (χ1) is 7.29. The fourth-order valence-electron chi connectivity index (χ4n) is 1.61. The first kappa shape index (κ1) is 9.84. The predicted octanol–water partition coefficient (Wildman–Crippen LogP) is 3.59. The van der Waals surface area contributed by atoms with Gasteiger partial charge in [0.2, 0.25) is 0 Å². The van der Waals surface area contributed by atoms with Crippen molar-refractivity contribution >= 4 is 11.3 Å². The lowest BCUT2D eigenvalue weighted by Gasteiger charge is -2.11. The first-order valence-corrected chi connectivity index (χ1v) is 4.93. The minimum absolute atomic E-state index is 0.202. The predicted molar refractivity (Wildman–Crippen MR) is 61.2 cm³/mol. The summed E-state index contributed by atoms with van der Waals surface area (Å²) in [5.41, 5.74) is 3.00. The monoisotopic (exact) mass is 201 g/mol. The molecule has 76 valence electrons. The van der Waals surface area contributed by atoms with Gasteiger partial charge in [-0.1, -0.05) is 18.7 Å². The lowest BCUT2D eigenvalue weighted by atomic mass is 9.98.